The van der Waals surface area contributed by atoms with Crippen molar-refractivity contribution in [3.05, 3.63) is 22.7 Å². The Balaban J connectivity index is 1.94. The van der Waals surface area contributed by atoms with E-state index in [0.717, 1.165) is 4.90 Å². The van der Waals surface area contributed by atoms with Gasteiger partial charge >= 0.3 is 0 Å². The molecule has 1 saturated heterocycles. The number of ether oxygens (including phenoxy) is 1. The van der Waals surface area contributed by atoms with E-state index in [1.807, 2.05) is 0 Å². The number of benzene rings is 1. The molecular formula is C11H8ClNO3S. The number of rotatable bonds is 2. The van der Waals surface area contributed by atoms with Crippen molar-refractivity contribution in [2.45, 2.75) is 10.1 Å². The first-order valence-electron chi connectivity index (χ1n) is 5.09. The Kier molecular flexibility index (Phi) is 2.61. The van der Waals surface area contributed by atoms with E-state index in [4.69, 9.17) is 16.3 Å². The molecular weight excluding hydrogens is 262 g/mol. The van der Waals surface area contributed by atoms with E-state index in [9.17, 15) is 9.59 Å². The smallest absolute Gasteiger partial charge is 0.296 e. The van der Waals surface area contributed by atoms with Gasteiger partial charge in [-0.2, -0.15) is 0 Å². The van der Waals surface area contributed by atoms with Crippen LogP contribution in [0.15, 0.2) is 17.0 Å². The zero-order chi connectivity index (χ0) is 12.0. The Hall–Kier alpha value is -1.04. The van der Waals surface area contributed by atoms with Crippen molar-refractivity contribution in [2.75, 3.05) is 18.5 Å². The van der Waals surface area contributed by atoms with Gasteiger partial charge in [0.2, 0.25) is 0 Å². The van der Waals surface area contributed by atoms with Crippen molar-refractivity contribution in [3.8, 4) is 0 Å². The average molecular weight is 270 g/mol. The highest BCUT2D eigenvalue weighted by Crippen LogP contribution is 2.38. The second-order valence-corrected chi connectivity index (χ2v) is 5.64. The molecule has 1 N–H and O–H groups in total. The number of carbonyl (C=O) groups is 2. The van der Waals surface area contributed by atoms with Gasteiger partial charge in [0.25, 0.3) is 11.7 Å². The average Bonchev–Trinajstić information content (AvgIpc) is 2.50. The summed E-state index contributed by atoms with van der Waals surface area (Å²) in [5, 5.41) is 3.44. The van der Waals surface area contributed by atoms with E-state index in [-0.39, 0.29) is 0 Å². The predicted molar refractivity (Wildman–Crippen MR) is 64.9 cm³/mol. The number of hydrogen-bond donors (Lipinski definition) is 1. The monoisotopic (exact) mass is 269 g/mol. The number of nitrogens with one attached hydrogen (secondary N) is 1. The van der Waals surface area contributed by atoms with Crippen molar-refractivity contribution in [1.29, 1.82) is 0 Å². The van der Waals surface area contributed by atoms with Gasteiger partial charge in [-0.05, 0) is 12.1 Å². The highest BCUT2D eigenvalue weighted by Gasteiger charge is 2.30. The maximum absolute atomic E-state index is 11.5. The van der Waals surface area contributed by atoms with Gasteiger partial charge in [0.15, 0.2) is 0 Å². The van der Waals surface area contributed by atoms with Crippen molar-refractivity contribution in [3.63, 3.8) is 0 Å². The van der Waals surface area contributed by atoms with Gasteiger partial charge < -0.3 is 10.1 Å². The molecule has 1 fully saturated rings. The van der Waals surface area contributed by atoms with Crippen LogP contribution in [0.4, 0.5) is 5.69 Å². The zero-order valence-electron chi connectivity index (χ0n) is 8.66. The fourth-order valence-corrected chi connectivity index (χ4v) is 3.04. The largest absolute Gasteiger partial charge is 0.379 e. The Labute approximate surface area is 107 Å². The summed E-state index contributed by atoms with van der Waals surface area (Å²) in [4.78, 5) is 23.5. The summed E-state index contributed by atoms with van der Waals surface area (Å²) in [5.74, 6) is -1.12. The lowest BCUT2D eigenvalue weighted by atomic mass is 10.1. The first-order chi connectivity index (χ1) is 8.15. The summed E-state index contributed by atoms with van der Waals surface area (Å²) in [5.41, 5.74) is 0.904. The first-order valence-corrected chi connectivity index (χ1v) is 6.34. The van der Waals surface area contributed by atoms with Crippen LogP contribution in [-0.4, -0.2) is 30.2 Å². The van der Waals surface area contributed by atoms with Gasteiger partial charge in [0.05, 0.1) is 34.7 Å². The molecule has 2 aliphatic heterocycles. The number of thioether (sulfide) groups is 1. The molecule has 0 unspecified atom stereocenters. The molecule has 17 heavy (non-hydrogen) atoms. The molecule has 1 aromatic carbocycles. The highest BCUT2D eigenvalue weighted by molar-refractivity contribution is 8.00. The molecule has 2 heterocycles. The molecule has 6 heteroatoms. The minimum Gasteiger partial charge on any atom is -0.379 e. The maximum Gasteiger partial charge on any atom is 0.296 e. The van der Waals surface area contributed by atoms with Crippen molar-refractivity contribution in [2.24, 2.45) is 0 Å². The van der Waals surface area contributed by atoms with Crippen LogP contribution in [0.5, 0.6) is 0 Å². The van der Waals surface area contributed by atoms with Gasteiger partial charge in [0.1, 0.15) is 0 Å². The molecule has 1 amide bonds. The minimum atomic E-state index is -0.592. The first kappa shape index (κ1) is 11.1. The molecule has 0 aliphatic carbocycles. The van der Waals surface area contributed by atoms with E-state index >= 15 is 0 Å². The lowest BCUT2D eigenvalue weighted by Gasteiger charge is -2.25. The standard InChI is InChI=1S/C11H8ClNO3S/c12-7-1-6-8(13-11(15)10(6)14)2-9(7)17-5-3-16-4-5/h1-2,5H,3-4H2,(H,13,14,15). The van der Waals surface area contributed by atoms with Crippen LogP contribution in [-0.2, 0) is 9.53 Å². The van der Waals surface area contributed by atoms with Crippen LogP contribution in [0, 0.1) is 0 Å². The Morgan fingerprint density at radius 1 is 1.35 bits per heavy atom. The van der Waals surface area contributed by atoms with E-state index < -0.39 is 11.7 Å². The lowest BCUT2D eigenvalue weighted by Crippen LogP contribution is -2.30. The Bertz CT molecular complexity index is 528. The fourth-order valence-electron chi connectivity index (χ4n) is 1.70. The van der Waals surface area contributed by atoms with Crippen LogP contribution >= 0.6 is 23.4 Å². The van der Waals surface area contributed by atoms with Gasteiger partial charge in [0, 0.05) is 4.90 Å². The third-order valence-corrected chi connectivity index (χ3v) is 4.29. The number of hydrogen-bond acceptors (Lipinski definition) is 4. The molecule has 2 aliphatic rings. The highest BCUT2D eigenvalue weighted by atomic mass is 35.5. The van der Waals surface area contributed by atoms with Crippen molar-refractivity contribution >= 4 is 40.7 Å². The van der Waals surface area contributed by atoms with E-state index in [1.54, 1.807) is 23.9 Å². The van der Waals surface area contributed by atoms with Crippen LogP contribution in [0.1, 0.15) is 10.4 Å². The number of halogens is 1. The van der Waals surface area contributed by atoms with Gasteiger partial charge in [-0.25, -0.2) is 0 Å². The zero-order valence-corrected chi connectivity index (χ0v) is 10.2. The van der Waals surface area contributed by atoms with Crippen LogP contribution in [0.25, 0.3) is 0 Å². The minimum absolute atomic E-state index is 0.356. The van der Waals surface area contributed by atoms with E-state index in [1.165, 1.54) is 0 Å². The van der Waals surface area contributed by atoms with Crippen molar-refractivity contribution in [1.82, 2.24) is 0 Å². The SMILES string of the molecule is O=C1Nc2cc(SC3COC3)c(Cl)cc2C1=O. The third-order valence-electron chi connectivity index (χ3n) is 2.67. The number of anilines is 1. The molecule has 3 rings (SSSR count). The molecule has 0 saturated carbocycles. The number of ketones is 1. The summed E-state index contributed by atoms with van der Waals surface area (Å²) < 4.78 is 5.09. The molecule has 0 atom stereocenters. The Morgan fingerprint density at radius 3 is 2.76 bits per heavy atom. The molecule has 0 radical (unpaired) electrons. The number of Topliss-reactive ketones (excluding diaryl/α,β-unsaturated/α-hetero) is 1. The number of amides is 1. The molecule has 4 nitrogen and oxygen atoms in total. The third kappa shape index (κ3) is 1.84. The predicted octanol–water partition coefficient (Wildman–Crippen LogP) is 1.97. The molecule has 0 aromatic heterocycles. The van der Waals surface area contributed by atoms with Gasteiger partial charge in [-0.1, -0.05) is 11.6 Å². The van der Waals surface area contributed by atoms with Gasteiger partial charge in [-0.15, -0.1) is 11.8 Å². The topological polar surface area (TPSA) is 55.4 Å². The normalized spacial score (nSPS) is 18.9. The quantitative estimate of drug-likeness (QED) is 0.834. The molecule has 1 aromatic rings. The van der Waals surface area contributed by atoms with Gasteiger partial charge in [-0.3, -0.25) is 9.59 Å². The van der Waals surface area contributed by atoms with E-state index in [0.29, 0.717) is 34.7 Å². The van der Waals surface area contributed by atoms with Crippen LogP contribution in [0.3, 0.4) is 0 Å². The second-order valence-electron chi connectivity index (χ2n) is 3.89. The van der Waals surface area contributed by atoms with E-state index in [2.05, 4.69) is 5.32 Å². The molecule has 0 bridgehead atoms. The molecule has 88 valence electrons. The summed E-state index contributed by atoms with van der Waals surface area (Å²) in [7, 11) is 0. The maximum atomic E-state index is 11.5. The summed E-state index contributed by atoms with van der Waals surface area (Å²) in [6.45, 7) is 1.42. The summed E-state index contributed by atoms with van der Waals surface area (Å²) >= 11 is 7.70. The van der Waals surface area contributed by atoms with Crippen LogP contribution in [0.2, 0.25) is 5.02 Å². The van der Waals surface area contributed by atoms with Crippen LogP contribution < -0.4 is 5.32 Å². The summed E-state index contributed by atoms with van der Waals surface area (Å²) in [6.07, 6.45) is 0. The fraction of sp³-hybridized carbons (Fsp3) is 0.273. The second kappa shape index (κ2) is 4.01. The summed E-state index contributed by atoms with van der Waals surface area (Å²) in [6, 6.07) is 3.31. The molecule has 0 spiro atoms. The Morgan fingerprint density at radius 2 is 2.12 bits per heavy atom. The van der Waals surface area contributed by atoms with Crippen molar-refractivity contribution < 1.29 is 14.3 Å². The lowest BCUT2D eigenvalue weighted by molar-refractivity contribution is -0.112. The number of carbonyl (C=O) groups excluding carboxylic acids is 2. The number of fused-ring (bicyclic) bond motifs is 1.